The van der Waals surface area contributed by atoms with Crippen molar-refractivity contribution in [3.05, 3.63) is 28.2 Å². The number of imide groups is 2. The number of benzene rings is 1. The van der Waals surface area contributed by atoms with Crippen LogP contribution in [0, 0.1) is 5.92 Å². The molecule has 0 atom stereocenters. The number of anilines is 1. The van der Waals surface area contributed by atoms with Crippen LogP contribution in [-0.4, -0.2) is 23.8 Å². The first-order valence-corrected chi connectivity index (χ1v) is 6.06. The van der Waals surface area contributed by atoms with E-state index < -0.39 is 29.7 Å². The Labute approximate surface area is 122 Å². The minimum atomic E-state index is -1.68. The molecule has 1 heterocycles. The van der Waals surface area contributed by atoms with Crippen LogP contribution in [0.25, 0.3) is 0 Å². The Morgan fingerprint density at radius 2 is 1.70 bits per heavy atom. The predicted molar refractivity (Wildman–Crippen MR) is 70.3 cm³/mol. The normalized spacial score (nSPS) is 15.6. The lowest BCUT2D eigenvalue weighted by Gasteiger charge is -2.20. The fraction of sp³-hybridized carbons (Fsp3) is 0.0909. The molecule has 0 aromatic heterocycles. The minimum absolute atomic E-state index is 0.0789. The van der Waals surface area contributed by atoms with Crippen molar-refractivity contribution < 1.29 is 19.2 Å². The zero-order valence-corrected chi connectivity index (χ0v) is 11.2. The van der Waals surface area contributed by atoms with E-state index in [0.29, 0.717) is 0 Å². The van der Waals surface area contributed by atoms with Crippen LogP contribution >= 0.6 is 23.2 Å². The number of amides is 5. The van der Waals surface area contributed by atoms with Crippen molar-refractivity contribution in [3.63, 3.8) is 0 Å². The second kappa shape index (κ2) is 5.48. The van der Waals surface area contributed by atoms with Crippen molar-refractivity contribution in [2.45, 2.75) is 0 Å². The van der Waals surface area contributed by atoms with E-state index in [1.54, 1.807) is 0 Å². The standard InChI is InChI=1S/C11H7Cl2N3O4/c12-4-2-1-3-5(7(4)13)14-8(17)6-9(18)15-11(20)16-10(6)19/h1-3,6H,(H,14,17)(H2,15,16,18,19,20). The monoisotopic (exact) mass is 315 g/mol. The highest BCUT2D eigenvalue weighted by Crippen LogP contribution is 2.29. The third kappa shape index (κ3) is 2.73. The Hall–Kier alpha value is -2.12. The van der Waals surface area contributed by atoms with Crippen LogP contribution in [0.3, 0.4) is 0 Å². The highest BCUT2D eigenvalue weighted by atomic mass is 35.5. The lowest BCUT2D eigenvalue weighted by atomic mass is 10.1. The molecule has 0 spiro atoms. The van der Waals surface area contributed by atoms with Crippen molar-refractivity contribution in [1.82, 2.24) is 10.6 Å². The first-order chi connectivity index (χ1) is 9.40. The van der Waals surface area contributed by atoms with Gasteiger partial charge in [-0.2, -0.15) is 0 Å². The minimum Gasteiger partial charge on any atom is -0.324 e. The highest BCUT2D eigenvalue weighted by Gasteiger charge is 2.40. The maximum atomic E-state index is 11.9. The van der Waals surface area contributed by atoms with Crippen molar-refractivity contribution in [3.8, 4) is 0 Å². The summed E-state index contributed by atoms with van der Waals surface area (Å²) in [6.07, 6.45) is 0. The Morgan fingerprint density at radius 1 is 1.10 bits per heavy atom. The molecule has 0 aliphatic carbocycles. The smallest absolute Gasteiger partial charge is 0.324 e. The van der Waals surface area contributed by atoms with E-state index in [-0.39, 0.29) is 15.7 Å². The zero-order chi connectivity index (χ0) is 14.9. The number of barbiturate groups is 1. The second-order valence-electron chi connectivity index (χ2n) is 3.83. The third-order valence-corrected chi connectivity index (χ3v) is 3.29. The fourth-order valence-electron chi connectivity index (χ4n) is 1.56. The lowest BCUT2D eigenvalue weighted by molar-refractivity contribution is -0.141. The molecule has 1 aliphatic heterocycles. The topological polar surface area (TPSA) is 104 Å². The molecule has 1 aliphatic rings. The molecule has 0 bridgehead atoms. The van der Waals surface area contributed by atoms with Crippen LogP contribution in [-0.2, 0) is 14.4 Å². The van der Waals surface area contributed by atoms with E-state index in [4.69, 9.17) is 23.2 Å². The maximum Gasteiger partial charge on any atom is 0.328 e. The van der Waals surface area contributed by atoms with Crippen LogP contribution < -0.4 is 16.0 Å². The Bertz CT molecular complexity index is 612. The fourth-order valence-corrected chi connectivity index (χ4v) is 1.91. The number of halogens is 2. The van der Waals surface area contributed by atoms with Crippen LogP contribution in [0.5, 0.6) is 0 Å². The van der Waals surface area contributed by atoms with Gasteiger partial charge in [-0.15, -0.1) is 0 Å². The number of carbonyl (C=O) groups excluding carboxylic acids is 4. The summed E-state index contributed by atoms with van der Waals surface area (Å²) < 4.78 is 0. The molecular formula is C11H7Cl2N3O4. The number of hydrogen-bond donors (Lipinski definition) is 3. The summed E-state index contributed by atoms with van der Waals surface area (Å²) >= 11 is 11.6. The average Bonchev–Trinajstić information content (AvgIpc) is 2.33. The summed E-state index contributed by atoms with van der Waals surface area (Å²) in [7, 11) is 0. The molecule has 1 saturated heterocycles. The molecule has 2 rings (SSSR count). The number of nitrogens with one attached hydrogen (secondary N) is 3. The number of urea groups is 1. The zero-order valence-electron chi connectivity index (χ0n) is 9.70. The predicted octanol–water partition coefficient (Wildman–Crippen LogP) is 0.914. The summed E-state index contributed by atoms with van der Waals surface area (Å²) in [6.45, 7) is 0. The van der Waals surface area contributed by atoms with E-state index in [0.717, 1.165) is 0 Å². The molecule has 0 radical (unpaired) electrons. The summed E-state index contributed by atoms with van der Waals surface area (Å²) in [6, 6.07) is 3.53. The van der Waals surface area contributed by atoms with Gasteiger partial charge in [0.15, 0.2) is 5.92 Å². The Kier molecular flexibility index (Phi) is 3.91. The van der Waals surface area contributed by atoms with Crippen LogP contribution in [0.2, 0.25) is 10.0 Å². The van der Waals surface area contributed by atoms with Crippen LogP contribution in [0.4, 0.5) is 10.5 Å². The Morgan fingerprint density at radius 3 is 2.30 bits per heavy atom. The van der Waals surface area contributed by atoms with Gasteiger partial charge in [-0.1, -0.05) is 29.3 Å². The summed E-state index contributed by atoms with van der Waals surface area (Å²) in [5, 5.41) is 6.24. The summed E-state index contributed by atoms with van der Waals surface area (Å²) in [5.41, 5.74) is 0.154. The second-order valence-corrected chi connectivity index (χ2v) is 4.62. The van der Waals surface area contributed by atoms with E-state index >= 15 is 0 Å². The van der Waals surface area contributed by atoms with Gasteiger partial charge in [0.05, 0.1) is 15.7 Å². The van der Waals surface area contributed by atoms with Gasteiger partial charge in [0.2, 0.25) is 17.7 Å². The van der Waals surface area contributed by atoms with Gasteiger partial charge >= 0.3 is 6.03 Å². The highest BCUT2D eigenvalue weighted by molar-refractivity contribution is 6.44. The molecule has 0 saturated carbocycles. The van der Waals surface area contributed by atoms with E-state index in [2.05, 4.69) is 5.32 Å². The molecule has 1 aromatic rings. The molecule has 0 unspecified atom stereocenters. The maximum absolute atomic E-state index is 11.9. The van der Waals surface area contributed by atoms with Crippen LogP contribution in [0.1, 0.15) is 0 Å². The molecule has 3 N–H and O–H groups in total. The summed E-state index contributed by atoms with van der Waals surface area (Å²) in [5.74, 6) is -4.61. The van der Waals surface area contributed by atoms with Gasteiger partial charge < -0.3 is 5.32 Å². The van der Waals surface area contributed by atoms with Gasteiger partial charge in [0.25, 0.3) is 0 Å². The largest absolute Gasteiger partial charge is 0.328 e. The molecule has 20 heavy (non-hydrogen) atoms. The third-order valence-electron chi connectivity index (χ3n) is 2.47. The van der Waals surface area contributed by atoms with Gasteiger partial charge in [-0.25, -0.2) is 4.79 Å². The van der Waals surface area contributed by atoms with Crippen LogP contribution in [0.15, 0.2) is 18.2 Å². The SMILES string of the molecule is O=C1NC(=O)C(C(=O)Nc2cccc(Cl)c2Cl)C(=O)N1. The van der Waals surface area contributed by atoms with Crippen molar-refractivity contribution >= 4 is 52.6 Å². The van der Waals surface area contributed by atoms with Gasteiger partial charge in [0, 0.05) is 0 Å². The first kappa shape index (κ1) is 14.3. The number of hydrogen-bond acceptors (Lipinski definition) is 4. The average molecular weight is 316 g/mol. The number of rotatable bonds is 2. The first-order valence-electron chi connectivity index (χ1n) is 5.30. The molecule has 104 valence electrons. The molecule has 1 aromatic carbocycles. The van der Waals surface area contributed by atoms with Crippen molar-refractivity contribution in [2.75, 3.05) is 5.32 Å². The van der Waals surface area contributed by atoms with Gasteiger partial charge in [-0.05, 0) is 12.1 Å². The van der Waals surface area contributed by atoms with E-state index in [1.807, 2.05) is 10.6 Å². The molecular weight excluding hydrogens is 309 g/mol. The van der Waals surface area contributed by atoms with E-state index in [1.165, 1.54) is 18.2 Å². The Balaban J connectivity index is 2.20. The molecule has 9 heteroatoms. The van der Waals surface area contributed by atoms with Gasteiger partial charge in [-0.3, -0.25) is 25.0 Å². The lowest BCUT2D eigenvalue weighted by Crippen LogP contribution is -2.58. The molecule has 7 nitrogen and oxygen atoms in total. The molecule has 1 fully saturated rings. The van der Waals surface area contributed by atoms with Crippen molar-refractivity contribution in [1.29, 1.82) is 0 Å². The molecule has 5 amide bonds. The van der Waals surface area contributed by atoms with E-state index in [9.17, 15) is 19.2 Å². The van der Waals surface area contributed by atoms with Gasteiger partial charge in [0.1, 0.15) is 0 Å². The van der Waals surface area contributed by atoms with Crippen molar-refractivity contribution in [2.24, 2.45) is 5.92 Å². The summed E-state index contributed by atoms with van der Waals surface area (Å²) in [4.78, 5) is 45.8. The number of carbonyl (C=O) groups is 4. The quantitative estimate of drug-likeness (QED) is 0.706.